The first-order chi connectivity index (χ1) is 15.8. The molecule has 0 radical (unpaired) electrons. The van der Waals surface area contributed by atoms with Gasteiger partial charge >= 0.3 is 0 Å². The van der Waals surface area contributed by atoms with Gasteiger partial charge in [0.05, 0.1) is 0 Å². The maximum atomic E-state index is 9.38. The third kappa shape index (κ3) is 5.93. The highest BCUT2D eigenvalue weighted by molar-refractivity contribution is 6.33. The van der Waals surface area contributed by atoms with Crippen LogP contribution in [0.3, 0.4) is 0 Å². The molecular weight excluding hydrogens is 459 g/mol. The summed E-state index contributed by atoms with van der Waals surface area (Å²) in [7, 11) is 0. The van der Waals surface area contributed by atoms with Crippen molar-refractivity contribution in [3.8, 4) is 12.1 Å². The smallest absolute Gasteiger partial charge is 0.187 e. The molecule has 6 nitrogen and oxygen atoms in total. The maximum Gasteiger partial charge on any atom is 0.187 e. The lowest BCUT2D eigenvalue weighted by atomic mass is 9.90. The van der Waals surface area contributed by atoms with E-state index in [1.807, 2.05) is 12.1 Å². The van der Waals surface area contributed by atoms with Gasteiger partial charge in [-0.3, -0.25) is 0 Å². The Labute approximate surface area is 203 Å². The van der Waals surface area contributed by atoms with Crippen molar-refractivity contribution in [2.75, 3.05) is 0 Å². The molecule has 0 saturated carbocycles. The molecule has 0 bridgehead atoms. The van der Waals surface area contributed by atoms with Crippen LogP contribution >= 0.6 is 23.2 Å². The lowest BCUT2D eigenvalue weighted by molar-refractivity contribution is 0.320. The van der Waals surface area contributed by atoms with E-state index in [4.69, 9.17) is 23.2 Å². The van der Waals surface area contributed by atoms with Gasteiger partial charge in [-0.15, -0.1) is 0 Å². The minimum absolute atomic E-state index is 0.150. The van der Waals surface area contributed by atoms with Crippen molar-refractivity contribution in [2.24, 2.45) is 10.3 Å². The van der Waals surface area contributed by atoms with Crippen LogP contribution < -0.4 is 0 Å². The minimum Gasteiger partial charge on any atom is -0.410 e. The second kappa shape index (κ2) is 12.1. The third-order valence-electron chi connectivity index (χ3n) is 5.39. The maximum absolute atomic E-state index is 9.38. The molecule has 2 N–H and O–H groups in total. The molecule has 0 atom stereocenters. The number of oxime groups is 2. The number of unbranched alkanes of at least 4 members (excludes halogenated alkanes) is 3. The van der Waals surface area contributed by atoms with Gasteiger partial charge < -0.3 is 10.4 Å². The molecule has 0 saturated heterocycles. The van der Waals surface area contributed by atoms with Crippen LogP contribution in [0.25, 0.3) is 5.57 Å². The molecule has 0 unspecified atom stereocenters. The molecule has 33 heavy (non-hydrogen) atoms. The predicted molar refractivity (Wildman–Crippen MR) is 131 cm³/mol. The number of halogens is 2. The highest BCUT2D eigenvalue weighted by Crippen LogP contribution is 2.34. The Morgan fingerprint density at radius 2 is 1.33 bits per heavy atom. The second-order valence-corrected chi connectivity index (χ2v) is 8.31. The van der Waals surface area contributed by atoms with Crippen LogP contribution in [0.4, 0.5) is 0 Å². The van der Waals surface area contributed by atoms with E-state index in [2.05, 4.69) is 23.3 Å². The molecule has 170 valence electrons. The van der Waals surface area contributed by atoms with E-state index >= 15 is 0 Å². The monoisotopic (exact) mass is 482 g/mol. The molecule has 2 aromatic rings. The highest BCUT2D eigenvalue weighted by atomic mass is 35.5. The van der Waals surface area contributed by atoms with Gasteiger partial charge in [0.1, 0.15) is 12.1 Å². The summed E-state index contributed by atoms with van der Waals surface area (Å²) in [5, 5.41) is 44.3. The van der Waals surface area contributed by atoms with Crippen molar-refractivity contribution < 1.29 is 10.4 Å². The summed E-state index contributed by atoms with van der Waals surface area (Å²) >= 11 is 13.0. The fourth-order valence-corrected chi connectivity index (χ4v) is 3.92. The average molecular weight is 483 g/mol. The van der Waals surface area contributed by atoms with Crippen molar-refractivity contribution in [3.63, 3.8) is 0 Å². The standard InChI is InChI=1S/C25H24Cl2N4O2/c1-4-5-6-7-8-19(17-9-20(24(13-28)30-32)15(2)22(26)11-17)18-10-21(25(14-29)31-33)16(3)23(27)12-18/h8-12,32-33H,4-7H2,1-3H3/b30-24-,31-25-. The van der Waals surface area contributed by atoms with E-state index in [0.717, 1.165) is 31.3 Å². The average Bonchev–Trinajstić information content (AvgIpc) is 2.80. The van der Waals surface area contributed by atoms with E-state index in [0.29, 0.717) is 43.4 Å². The molecule has 0 aliphatic carbocycles. The zero-order valence-corrected chi connectivity index (χ0v) is 20.2. The van der Waals surface area contributed by atoms with Gasteiger partial charge in [-0.2, -0.15) is 10.5 Å². The van der Waals surface area contributed by atoms with Gasteiger partial charge in [-0.1, -0.05) is 59.4 Å². The topological polar surface area (TPSA) is 113 Å². The van der Waals surface area contributed by atoms with Crippen LogP contribution in [0, 0.1) is 36.5 Å². The summed E-state index contributed by atoms with van der Waals surface area (Å²) in [4.78, 5) is 0. The Morgan fingerprint density at radius 3 is 1.70 bits per heavy atom. The van der Waals surface area contributed by atoms with Gasteiger partial charge in [-0.25, -0.2) is 0 Å². The van der Waals surface area contributed by atoms with E-state index in [1.165, 1.54) is 0 Å². The fraction of sp³-hybridized carbons (Fsp3) is 0.280. The summed E-state index contributed by atoms with van der Waals surface area (Å²) < 4.78 is 0. The Bertz CT molecular complexity index is 1130. The summed E-state index contributed by atoms with van der Waals surface area (Å²) in [6.07, 6.45) is 5.94. The number of nitriles is 2. The molecule has 0 fully saturated rings. The molecule has 8 heteroatoms. The summed E-state index contributed by atoms with van der Waals surface area (Å²) in [5.74, 6) is 0. The first-order valence-electron chi connectivity index (χ1n) is 10.4. The van der Waals surface area contributed by atoms with E-state index in [-0.39, 0.29) is 11.4 Å². The van der Waals surface area contributed by atoms with Gasteiger partial charge in [0.15, 0.2) is 11.4 Å². The zero-order chi connectivity index (χ0) is 24.5. The summed E-state index contributed by atoms with van der Waals surface area (Å²) in [6.45, 7) is 5.61. The van der Waals surface area contributed by atoms with Crippen LogP contribution in [0.2, 0.25) is 10.0 Å². The summed E-state index contributed by atoms with van der Waals surface area (Å²) in [5.41, 5.74) is 3.92. The quantitative estimate of drug-likeness (QED) is 0.182. The van der Waals surface area contributed by atoms with Crippen molar-refractivity contribution in [2.45, 2.75) is 46.5 Å². The molecule has 0 amide bonds. The highest BCUT2D eigenvalue weighted by Gasteiger charge is 2.18. The Morgan fingerprint density at radius 1 is 0.879 bits per heavy atom. The van der Waals surface area contributed by atoms with Crippen LogP contribution in [0.5, 0.6) is 0 Å². The predicted octanol–water partition coefficient (Wildman–Crippen LogP) is 7.03. The first-order valence-corrected chi connectivity index (χ1v) is 11.1. The first kappa shape index (κ1) is 25.9. The van der Waals surface area contributed by atoms with Crippen molar-refractivity contribution in [1.82, 2.24) is 0 Å². The van der Waals surface area contributed by atoms with Gasteiger partial charge in [0.25, 0.3) is 0 Å². The number of benzene rings is 2. The molecule has 2 rings (SSSR count). The number of hydrogen-bond donors (Lipinski definition) is 2. The number of hydrogen-bond acceptors (Lipinski definition) is 6. The Hall–Kier alpha value is -3.32. The largest absolute Gasteiger partial charge is 0.410 e. The van der Waals surface area contributed by atoms with Crippen LogP contribution in [-0.2, 0) is 0 Å². The van der Waals surface area contributed by atoms with Gasteiger partial charge in [-0.05, 0) is 78.8 Å². The zero-order valence-electron chi connectivity index (χ0n) is 18.7. The molecule has 0 heterocycles. The second-order valence-electron chi connectivity index (χ2n) is 7.50. The minimum atomic E-state index is -0.150. The van der Waals surface area contributed by atoms with Crippen LogP contribution in [-0.4, -0.2) is 21.8 Å². The van der Waals surface area contributed by atoms with E-state index in [9.17, 15) is 20.9 Å². The number of rotatable bonds is 8. The molecule has 0 aliphatic heterocycles. The molecular formula is C25H24Cl2N4O2. The van der Waals surface area contributed by atoms with Crippen LogP contribution in [0.15, 0.2) is 40.7 Å². The fourth-order valence-electron chi connectivity index (χ4n) is 3.48. The van der Waals surface area contributed by atoms with Gasteiger partial charge in [0, 0.05) is 21.2 Å². The van der Waals surface area contributed by atoms with E-state index < -0.39 is 0 Å². The third-order valence-corrected chi connectivity index (χ3v) is 6.17. The van der Waals surface area contributed by atoms with Crippen LogP contribution in [0.1, 0.15) is 66.0 Å². The Kier molecular flexibility index (Phi) is 9.48. The molecule has 2 aromatic carbocycles. The van der Waals surface area contributed by atoms with Crippen molar-refractivity contribution in [3.05, 3.63) is 73.8 Å². The van der Waals surface area contributed by atoms with Crippen molar-refractivity contribution in [1.29, 1.82) is 10.5 Å². The molecule has 0 aliphatic rings. The number of nitrogens with zero attached hydrogens (tertiary/aromatic N) is 4. The SMILES string of the molecule is CCCCCC=C(c1cc(Cl)c(C)c(/C(C#N)=N\O)c1)c1cc(Cl)c(C)c(/C(C#N)=N\O)c1. The number of allylic oxidation sites excluding steroid dienone is 1. The molecule has 0 spiro atoms. The lowest BCUT2D eigenvalue weighted by Gasteiger charge is -2.16. The van der Waals surface area contributed by atoms with E-state index in [1.54, 1.807) is 38.1 Å². The Balaban J connectivity index is 2.81. The lowest BCUT2D eigenvalue weighted by Crippen LogP contribution is -2.05. The van der Waals surface area contributed by atoms with Gasteiger partial charge in [0.2, 0.25) is 0 Å². The summed E-state index contributed by atoms with van der Waals surface area (Å²) in [6, 6.07) is 10.8. The normalized spacial score (nSPS) is 11.6. The molecule has 0 aromatic heterocycles. The van der Waals surface area contributed by atoms with Crippen molar-refractivity contribution >= 4 is 40.2 Å².